The van der Waals surface area contributed by atoms with E-state index in [0.717, 1.165) is 5.56 Å². The van der Waals surface area contributed by atoms with Gasteiger partial charge < -0.3 is 4.74 Å². The Morgan fingerprint density at radius 1 is 1.40 bits per heavy atom. The van der Waals surface area contributed by atoms with E-state index in [9.17, 15) is 4.79 Å². The van der Waals surface area contributed by atoms with Crippen molar-refractivity contribution in [3.8, 4) is 0 Å². The highest BCUT2D eigenvalue weighted by atomic mass is 16.5. The summed E-state index contributed by atoms with van der Waals surface area (Å²) in [6.45, 7) is 6.98. The first-order valence-electron chi connectivity index (χ1n) is 4.75. The summed E-state index contributed by atoms with van der Waals surface area (Å²) >= 11 is 0. The molecule has 0 bridgehead atoms. The Morgan fingerprint density at radius 3 is 2.53 bits per heavy atom. The Morgan fingerprint density at radius 2 is 2.00 bits per heavy atom. The quantitative estimate of drug-likeness (QED) is 0.558. The van der Waals surface area contributed by atoms with Crippen LogP contribution in [0.5, 0.6) is 0 Å². The number of carbonyl (C=O) groups excluding carboxylic acids is 1. The molecule has 0 aliphatic rings. The van der Waals surface area contributed by atoms with Crippen LogP contribution < -0.4 is 0 Å². The van der Waals surface area contributed by atoms with Crippen LogP contribution in [0.3, 0.4) is 0 Å². The van der Waals surface area contributed by atoms with Crippen LogP contribution in [0, 0.1) is 0 Å². The fraction of sp³-hybridized carbons (Fsp3) is 0.333. The van der Waals surface area contributed by atoms with Crippen molar-refractivity contribution in [3.63, 3.8) is 0 Å². The van der Waals surface area contributed by atoms with Crippen LogP contribution in [0.1, 0.15) is 19.4 Å². The first kappa shape index (κ1) is 11.4. The molecule has 0 unspecified atom stereocenters. The van der Waals surface area contributed by atoms with Crippen LogP contribution in [0.2, 0.25) is 0 Å². The molecule has 3 nitrogen and oxygen atoms in total. The van der Waals surface area contributed by atoms with E-state index in [-0.39, 0.29) is 12.6 Å². The molecule has 0 heterocycles. The van der Waals surface area contributed by atoms with Gasteiger partial charge in [-0.15, -0.1) is 0 Å². The lowest BCUT2D eigenvalue weighted by Crippen LogP contribution is -2.31. The minimum absolute atomic E-state index is 0.276. The Hall–Kier alpha value is -1.64. The van der Waals surface area contributed by atoms with Crippen molar-refractivity contribution in [1.82, 2.24) is 0 Å². The Balaban J connectivity index is 2.52. The van der Waals surface area contributed by atoms with E-state index in [2.05, 4.69) is 11.7 Å². The summed E-state index contributed by atoms with van der Waals surface area (Å²) in [5, 5.41) is 0. The van der Waals surface area contributed by atoms with Gasteiger partial charge in [-0.1, -0.05) is 30.3 Å². The number of carbonyl (C=O) groups is 1. The fourth-order valence-corrected chi connectivity index (χ4v) is 0.964. The third kappa shape index (κ3) is 3.20. The van der Waals surface area contributed by atoms with E-state index >= 15 is 0 Å². The lowest BCUT2D eigenvalue weighted by molar-refractivity contribution is -0.150. The average molecular weight is 205 g/mol. The molecule has 80 valence electrons. The summed E-state index contributed by atoms with van der Waals surface area (Å²) < 4.78 is 5.11. The zero-order valence-electron chi connectivity index (χ0n) is 9.06. The van der Waals surface area contributed by atoms with Crippen LogP contribution in [0.25, 0.3) is 0 Å². The van der Waals surface area contributed by atoms with Gasteiger partial charge in [0, 0.05) is 0 Å². The van der Waals surface area contributed by atoms with Gasteiger partial charge in [-0.25, -0.2) is 4.79 Å². The maximum absolute atomic E-state index is 11.5. The zero-order valence-corrected chi connectivity index (χ0v) is 9.06. The predicted octanol–water partition coefficient (Wildman–Crippen LogP) is 2.21. The highest BCUT2D eigenvalue weighted by Crippen LogP contribution is 2.11. The fourth-order valence-electron chi connectivity index (χ4n) is 0.964. The van der Waals surface area contributed by atoms with Gasteiger partial charge in [0.05, 0.1) is 0 Å². The largest absolute Gasteiger partial charge is 0.459 e. The standard InChI is InChI=1S/C12H15NO2/c1-12(2,13-3)11(14)15-9-10-7-5-4-6-8-10/h4-8H,3,9H2,1-2H3. The molecular formula is C12H15NO2. The predicted molar refractivity (Wildman–Crippen MR) is 59.9 cm³/mol. The first-order chi connectivity index (χ1) is 7.06. The molecule has 0 fully saturated rings. The van der Waals surface area contributed by atoms with Gasteiger partial charge in [-0.3, -0.25) is 4.99 Å². The SMILES string of the molecule is C=NC(C)(C)C(=O)OCc1ccccc1. The summed E-state index contributed by atoms with van der Waals surface area (Å²) in [4.78, 5) is 15.2. The second-order valence-corrected chi connectivity index (χ2v) is 3.78. The summed E-state index contributed by atoms with van der Waals surface area (Å²) in [5.74, 6) is -0.360. The van der Waals surface area contributed by atoms with Gasteiger partial charge in [-0.2, -0.15) is 0 Å². The minimum Gasteiger partial charge on any atom is -0.459 e. The molecule has 0 aliphatic carbocycles. The molecule has 1 aromatic rings. The van der Waals surface area contributed by atoms with E-state index in [1.807, 2.05) is 30.3 Å². The molecule has 0 aromatic heterocycles. The van der Waals surface area contributed by atoms with Crippen molar-refractivity contribution in [2.24, 2.45) is 4.99 Å². The third-order valence-electron chi connectivity index (χ3n) is 2.11. The molecule has 0 amide bonds. The number of benzene rings is 1. The van der Waals surface area contributed by atoms with Crippen molar-refractivity contribution in [2.75, 3.05) is 0 Å². The van der Waals surface area contributed by atoms with Gasteiger partial charge in [0.1, 0.15) is 6.61 Å². The van der Waals surface area contributed by atoms with E-state index < -0.39 is 5.54 Å². The lowest BCUT2D eigenvalue weighted by Gasteiger charge is -2.16. The second-order valence-electron chi connectivity index (χ2n) is 3.78. The molecule has 0 saturated carbocycles. The monoisotopic (exact) mass is 205 g/mol. The highest BCUT2D eigenvalue weighted by molar-refractivity contribution is 5.80. The Kier molecular flexibility index (Phi) is 3.61. The van der Waals surface area contributed by atoms with Crippen LogP contribution >= 0.6 is 0 Å². The molecule has 0 spiro atoms. The van der Waals surface area contributed by atoms with Gasteiger partial charge >= 0.3 is 5.97 Å². The maximum Gasteiger partial charge on any atom is 0.333 e. The summed E-state index contributed by atoms with van der Waals surface area (Å²) in [6.07, 6.45) is 0. The molecule has 0 atom stereocenters. The lowest BCUT2D eigenvalue weighted by atomic mass is 10.1. The van der Waals surface area contributed by atoms with Crippen molar-refractivity contribution in [2.45, 2.75) is 26.0 Å². The molecule has 0 radical (unpaired) electrons. The van der Waals surface area contributed by atoms with E-state index in [0.29, 0.717) is 0 Å². The van der Waals surface area contributed by atoms with E-state index in [1.165, 1.54) is 0 Å². The summed E-state index contributed by atoms with van der Waals surface area (Å²) in [7, 11) is 0. The molecule has 1 rings (SSSR count). The van der Waals surface area contributed by atoms with Gasteiger partial charge in [-0.05, 0) is 26.1 Å². The van der Waals surface area contributed by atoms with Crippen molar-refractivity contribution < 1.29 is 9.53 Å². The molecular weight excluding hydrogens is 190 g/mol. The highest BCUT2D eigenvalue weighted by Gasteiger charge is 2.27. The first-order valence-corrected chi connectivity index (χ1v) is 4.75. The number of esters is 1. The van der Waals surface area contributed by atoms with E-state index in [4.69, 9.17) is 4.74 Å². The van der Waals surface area contributed by atoms with Gasteiger partial charge in [0.25, 0.3) is 0 Å². The van der Waals surface area contributed by atoms with Gasteiger partial charge in [0.2, 0.25) is 0 Å². The molecule has 3 heteroatoms. The number of hydrogen-bond acceptors (Lipinski definition) is 3. The average Bonchev–Trinajstić information content (AvgIpc) is 2.27. The third-order valence-corrected chi connectivity index (χ3v) is 2.11. The number of ether oxygens (including phenoxy) is 1. The zero-order chi connectivity index (χ0) is 11.3. The summed E-state index contributed by atoms with van der Waals surface area (Å²) in [5.41, 5.74) is 0.0973. The molecule has 0 N–H and O–H groups in total. The van der Waals surface area contributed by atoms with Crippen molar-refractivity contribution >= 4 is 12.7 Å². The van der Waals surface area contributed by atoms with Crippen molar-refractivity contribution in [3.05, 3.63) is 35.9 Å². The number of aliphatic imine (C=N–C) groups is 1. The second kappa shape index (κ2) is 4.73. The van der Waals surface area contributed by atoms with E-state index in [1.54, 1.807) is 13.8 Å². The molecule has 0 aliphatic heterocycles. The maximum atomic E-state index is 11.5. The van der Waals surface area contributed by atoms with Crippen LogP contribution in [0.15, 0.2) is 35.3 Å². The number of nitrogens with zero attached hydrogens (tertiary/aromatic N) is 1. The van der Waals surface area contributed by atoms with Crippen LogP contribution in [0.4, 0.5) is 0 Å². The number of rotatable bonds is 4. The summed E-state index contributed by atoms with van der Waals surface area (Å²) in [6, 6.07) is 9.53. The topological polar surface area (TPSA) is 38.7 Å². The molecule has 15 heavy (non-hydrogen) atoms. The Labute approximate surface area is 89.8 Å². The Bertz CT molecular complexity index is 344. The van der Waals surface area contributed by atoms with Crippen LogP contribution in [-0.2, 0) is 16.1 Å². The van der Waals surface area contributed by atoms with Crippen molar-refractivity contribution in [1.29, 1.82) is 0 Å². The normalized spacial score (nSPS) is 10.8. The molecule has 0 saturated heterocycles. The minimum atomic E-state index is -0.866. The molecule has 1 aromatic carbocycles. The van der Waals surface area contributed by atoms with Crippen LogP contribution in [-0.4, -0.2) is 18.2 Å². The smallest absolute Gasteiger partial charge is 0.333 e. The number of hydrogen-bond donors (Lipinski definition) is 0. The van der Waals surface area contributed by atoms with Gasteiger partial charge in [0.15, 0.2) is 5.54 Å².